The first-order chi connectivity index (χ1) is 10.9. The van der Waals surface area contributed by atoms with E-state index in [1.807, 2.05) is 4.90 Å². The molecule has 0 fully saturated rings. The summed E-state index contributed by atoms with van der Waals surface area (Å²) in [5.74, 6) is -0.0722. The number of nitrogens with one attached hydrogen (secondary N) is 3. The normalized spacial score (nSPS) is 15.5. The van der Waals surface area contributed by atoms with Crippen molar-refractivity contribution in [3.05, 3.63) is 24.3 Å². The molecular weight excluding hydrogens is 322 g/mol. The number of aliphatic hydroxyl groups excluding tert-OH is 1. The number of benzene rings is 1. The molecule has 2 rings (SSSR count). The Labute approximate surface area is 134 Å². The van der Waals surface area contributed by atoms with Crippen LogP contribution in [0.4, 0.5) is 5.69 Å². The van der Waals surface area contributed by atoms with Gasteiger partial charge in [-0.25, -0.2) is 18.1 Å². The van der Waals surface area contributed by atoms with E-state index in [9.17, 15) is 13.2 Å². The predicted octanol–water partition coefficient (Wildman–Crippen LogP) is -0.908. The van der Waals surface area contributed by atoms with Gasteiger partial charge in [0, 0.05) is 19.2 Å². The fourth-order valence-electron chi connectivity index (χ4n) is 1.93. The van der Waals surface area contributed by atoms with Crippen LogP contribution in [0.2, 0.25) is 0 Å². The second kappa shape index (κ2) is 7.40. The largest absolute Gasteiger partial charge is 0.395 e. The van der Waals surface area contributed by atoms with Crippen molar-refractivity contribution in [2.24, 2.45) is 4.99 Å². The number of nitrogens with zero attached hydrogens (tertiary/aromatic N) is 2. The van der Waals surface area contributed by atoms with Crippen LogP contribution in [-0.2, 0) is 14.8 Å². The highest BCUT2D eigenvalue weighted by Gasteiger charge is 2.19. The molecular formula is C13H19N5O4S. The van der Waals surface area contributed by atoms with Crippen LogP contribution in [0, 0.1) is 0 Å². The maximum Gasteiger partial charge on any atom is 0.264 e. The van der Waals surface area contributed by atoms with Gasteiger partial charge in [0.2, 0.25) is 11.9 Å². The molecule has 0 atom stereocenters. The average molecular weight is 341 g/mol. The summed E-state index contributed by atoms with van der Waals surface area (Å²) in [6.07, 6.45) is 0. The molecule has 9 nitrogen and oxygen atoms in total. The molecule has 126 valence electrons. The number of carbonyl (C=O) groups is 1. The van der Waals surface area contributed by atoms with Crippen molar-refractivity contribution in [2.75, 3.05) is 31.8 Å². The minimum atomic E-state index is -3.76. The van der Waals surface area contributed by atoms with Crippen LogP contribution in [0.5, 0.6) is 0 Å². The fraction of sp³-hybridized carbons (Fsp3) is 0.385. The summed E-state index contributed by atoms with van der Waals surface area (Å²) >= 11 is 0. The average Bonchev–Trinajstić information content (AvgIpc) is 2.49. The van der Waals surface area contributed by atoms with Crippen LogP contribution in [0.25, 0.3) is 0 Å². The van der Waals surface area contributed by atoms with Crippen LogP contribution < -0.4 is 15.4 Å². The Morgan fingerprint density at radius 1 is 1.39 bits per heavy atom. The van der Waals surface area contributed by atoms with Crippen molar-refractivity contribution < 1.29 is 18.3 Å². The Bertz CT molecular complexity index is 687. The number of aliphatic imine (C=N–C) groups is 1. The van der Waals surface area contributed by atoms with Gasteiger partial charge in [-0.15, -0.1) is 0 Å². The highest BCUT2D eigenvalue weighted by Crippen LogP contribution is 2.14. The van der Waals surface area contributed by atoms with E-state index in [0.717, 1.165) is 0 Å². The summed E-state index contributed by atoms with van der Waals surface area (Å²) in [5.41, 5.74) is 0.518. The highest BCUT2D eigenvalue weighted by molar-refractivity contribution is 7.90. The van der Waals surface area contributed by atoms with Gasteiger partial charge in [-0.05, 0) is 24.3 Å². The quantitative estimate of drug-likeness (QED) is 0.550. The summed E-state index contributed by atoms with van der Waals surface area (Å²) in [5, 5.41) is 14.2. The summed E-state index contributed by atoms with van der Waals surface area (Å²) in [6.45, 7) is 2.54. The lowest BCUT2D eigenvalue weighted by molar-refractivity contribution is -0.114. The van der Waals surface area contributed by atoms with Crippen molar-refractivity contribution in [3.63, 3.8) is 0 Å². The van der Waals surface area contributed by atoms with Crippen molar-refractivity contribution in [2.45, 2.75) is 11.8 Å². The number of rotatable bonds is 5. The first kappa shape index (κ1) is 17.2. The Morgan fingerprint density at radius 2 is 2.09 bits per heavy atom. The SMILES string of the molecule is CC(=O)Nc1ccc(S(=O)(=O)NC2=NCN(CCO)CN2)cc1. The molecule has 1 heterocycles. The predicted molar refractivity (Wildman–Crippen MR) is 85.2 cm³/mol. The lowest BCUT2D eigenvalue weighted by Gasteiger charge is -2.26. The second-order valence-corrected chi connectivity index (χ2v) is 6.59. The summed E-state index contributed by atoms with van der Waals surface area (Å²) in [4.78, 5) is 16.9. The van der Waals surface area contributed by atoms with Crippen molar-refractivity contribution in [3.8, 4) is 0 Å². The molecule has 0 saturated carbocycles. The minimum absolute atomic E-state index is 0.0128. The fourth-order valence-corrected chi connectivity index (χ4v) is 2.93. The number of anilines is 1. The molecule has 0 saturated heterocycles. The van der Waals surface area contributed by atoms with Gasteiger partial charge in [0.05, 0.1) is 24.8 Å². The smallest absolute Gasteiger partial charge is 0.264 e. The van der Waals surface area contributed by atoms with Crippen molar-refractivity contribution >= 4 is 27.6 Å². The van der Waals surface area contributed by atoms with E-state index in [2.05, 4.69) is 20.3 Å². The number of hydrogen-bond acceptors (Lipinski definition) is 7. The van der Waals surface area contributed by atoms with Gasteiger partial charge in [-0.3, -0.25) is 9.69 Å². The summed E-state index contributed by atoms with van der Waals surface area (Å²) in [7, 11) is -3.76. The van der Waals surface area contributed by atoms with E-state index in [0.29, 0.717) is 25.6 Å². The Balaban J connectivity index is 2.03. The minimum Gasteiger partial charge on any atom is -0.395 e. The van der Waals surface area contributed by atoms with Crippen LogP contribution in [0.15, 0.2) is 34.2 Å². The Morgan fingerprint density at radius 3 is 2.61 bits per heavy atom. The van der Waals surface area contributed by atoms with Crippen LogP contribution in [0.3, 0.4) is 0 Å². The second-order valence-electron chi connectivity index (χ2n) is 4.91. The molecule has 0 radical (unpaired) electrons. The maximum atomic E-state index is 12.3. The summed E-state index contributed by atoms with van der Waals surface area (Å²) < 4.78 is 26.9. The highest BCUT2D eigenvalue weighted by atomic mass is 32.2. The number of aliphatic hydroxyl groups is 1. The Kier molecular flexibility index (Phi) is 5.53. The molecule has 0 unspecified atom stereocenters. The van der Waals surface area contributed by atoms with E-state index in [1.165, 1.54) is 31.2 Å². The molecule has 10 heteroatoms. The number of β-amino-alcohol motifs (C(OH)–C–C–N with tert-alkyl or cyclic N) is 1. The Hall–Kier alpha value is -2.17. The molecule has 1 aliphatic heterocycles. The van der Waals surface area contributed by atoms with Gasteiger partial charge in [0.15, 0.2) is 0 Å². The third kappa shape index (κ3) is 4.91. The van der Waals surface area contributed by atoms with E-state index in [4.69, 9.17) is 5.11 Å². The first-order valence-corrected chi connectivity index (χ1v) is 8.41. The molecule has 0 aliphatic carbocycles. The third-order valence-corrected chi connectivity index (χ3v) is 4.39. The number of carbonyl (C=O) groups excluding carboxylic acids is 1. The van der Waals surface area contributed by atoms with Gasteiger partial charge in [0.1, 0.15) is 0 Å². The van der Waals surface area contributed by atoms with Gasteiger partial charge in [-0.2, -0.15) is 0 Å². The first-order valence-electron chi connectivity index (χ1n) is 6.93. The zero-order valence-corrected chi connectivity index (χ0v) is 13.4. The molecule has 1 aromatic carbocycles. The van der Waals surface area contributed by atoms with Crippen LogP contribution in [0.1, 0.15) is 6.92 Å². The van der Waals surface area contributed by atoms with Gasteiger partial charge in [0.25, 0.3) is 10.0 Å². The molecule has 4 N–H and O–H groups in total. The molecule has 1 amide bonds. The third-order valence-electron chi connectivity index (χ3n) is 3.03. The van der Waals surface area contributed by atoms with Gasteiger partial charge in [-0.1, -0.05) is 0 Å². The summed E-state index contributed by atoms with van der Waals surface area (Å²) in [6, 6.07) is 5.81. The molecule has 23 heavy (non-hydrogen) atoms. The molecule has 0 spiro atoms. The van der Waals surface area contributed by atoms with Gasteiger partial charge >= 0.3 is 0 Å². The lowest BCUT2D eigenvalue weighted by atomic mass is 10.3. The molecule has 0 bridgehead atoms. The van der Waals surface area contributed by atoms with E-state index < -0.39 is 10.0 Å². The van der Waals surface area contributed by atoms with E-state index in [-0.39, 0.29) is 23.4 Å². The number of sulfonamides is 1. The van der Waals surface area contributed by atoms with Crippen LogP contribution in [-0.4, -0.2) is 56.8 Å². The van der Waals surface area contributed by atoms with Crippen LogP contribution >= 0.6 is 0 Å². The zero-order chi connectivity index (χ0) is 16.9. The number of hydrogen-bond donors (Lipinski definition) is 4. The van der Waals surface area contributed by atoms with E-state index in [1.54, 1.807) is 0 Å². The lowest BCUT2D eigenvalue weighted by Crippen LogP contribution is -2.50. The van der Waals surface area contributed by atoms with Gasteiger partial charge < -0.3 is 15.7 Å². The molecule has 1 aromatic rings. The molecule has 1 aliphatic rings. The van der Waals surface area contributed by atoms with E-state index >= 15 is 0 Å². The molecule has 0 aromatic heterocycles. The maximum absolute atomic E-state index is 12.3. The monoisotopic (exact) mass is 341 g/mol. The standard InChI is InChI=1S/C13H19N5O4S/c1-10(20)16-11-2-4-12(5-3-11)23(21,22)17-13-14-8-18(6-7-19)9-15-13/h2-5,19H,6-9H2,1H3,(H,16,20)(H2,14,15,17). The topological polar surface area (TPSA) is 123 Å². The van der Waals surface area contributed by atoms with Crippen molar-refractivity contribution in [1.82, 2.24) is 14.9 Å². The number of amides is 1. The van der Waals surface area contributed by atoms with Crippen molar-refractivity contribution in [1.29, 1.82) is 0 Å². The zero-order valence-electron chi connectivity index (χ0n) is 12.6. The number of guanidine groups is 1.